The largest absolute Gasteiger partial charge is 0.493 e. The average Bonchev–Trinajstić information content (AvgIpc) is 3.14. The topological polar surface area (TPSA) is 70.7 Å². The Morgan fingerprint density at radius 3 is 2.69 bits per heavy atom. The zero-order chi connectivity index (χ0) is 19.8. The number of aromatic nitrogens is 1. The van der Waals surface area contributed by atoms with Gasteiger partial charge in [-0.25, -0.2) is 0 Å². The Morgan fingerprint density at radius 2 is 1.93 bits per heavy atom. The minimum Gasteiger partial charge on any atom is -0.493 e. The number of fused-ring (bicyclic) bond motifs is 1. The van der Waals surface area contributed by atoms with Crippen molar-refractivity contribution in [1.29, 1.82) is 0 Å². The van der Waals surface area contributed by atoms with Gasteiger partial charge in [-0.2, -0.15) is 0 Å². The van der Waals surface area contributed by atoms with Gasteiger partial charge in [-0.15, -0.1) is 24.0 Å². The summed E-state index contributed by atoms with van der Waals surface area (Å²) in [5.41, 5.74) is 3.57. The number of para-hydroxylation sites is 1. The SMILES string of the molecule is CCOc1ccc(CNC(=NC)NCCc2c[nH]c3ccccc23)cc1OC.I. The van der Waals surface area contributed by atoms with E-state index in [1.807, 2.05) is 31.2 Å². The van der Waals surface area contributed by atoms with Crippen molar-refractivity contribution in [1.82, 2.24) is 15.6 Å². The van der Waals surface area contributed by atoms with Crippen molar-refractivity contribution >= 4 is 40.8 Å². The molecule has 0 aliphatic rings. The Balaban J connectivity index is 0.00000300. The number of H-pyrrole nitrogens is 1. The fourth-order valence-corrected chi connectivity index (χ4v) is 3.16. The molecule has 29 heavy (non-hydrogen) atoms. The zero-order valence-electron chi connectivity index (χ0n) is 17.1. The quantitative estimate of drug-likeness (QED) is 0.244. The van der Waals surface area contributed by atoms with Crippen LogP contribution in [0.15, 0.2) is 53.7 Å². The molecular formula is C22H29IN4O2. The van der Waals surface area contributed by atoms with Crippen molar-refractivity contribution in [2.24, 2.45) is 4.99 Å². The van der Waals surface area contributed by atoms with Gasteiger partial charge < -0.3 is 25.1 Å². The molecule has 1 heterocycles. The van der Waals surface area contributed by atoms with E-state index in [4.69, 9.17) is 9.47 Å². The van der Waals surface area contributed by atoms with Crippen LogP contribution in [0.1, 0.15) is 18.1 Å². The molecule has 0 amide bonds. The third-order valence-corrected chi connectivity index (χ3v) is 4.57. The van der Waals surface area contributed by atoms with Gasteiger partial charge in [0.15, 0.2) is 17.5 Å². The highest BCUT2D eigenvalue weighted by Crippen LogP contribution is 2.27. The predicted molar refractivity (Wildman–Crippen MR) is 130 cm³/mol. The number of hydrogen-bond donors (Lipinski definition) is 3. The van der Waals surface area contributed by atoms with E-state index in [1.54, 1.807) is 14.2 Å². The number of nitrogens with zero attached hydrogens (tertiary/aromatic N) is 1. The molecule has 6 nitrogen and oxygen atoms in total. The van der Waals surface area contributed by atoms with Gasteiger partial charge in [0.25, 0.3) is 0 Å². The lowest BCUT2D eigenvalue weighted by molar-refractivity contribution is 0.310. The summed E-state index contributed by atoms with van der Waals surface area (Å²) >= 11 is 0. The van der Waals surface area contributed by atoms with Crippen LogP contribution in [0.2, 0.25) is 0 Å². The van der Waals surface area contributed by atoms with Crippen LogP contribution in [0.3, 0.4) is 0 Å². The fourth-order valence-electron chi connectivity index (χ4n) is 3.16. The van der Waals surface area contributed by atoms with Crippen molar-refractivity contribution in [3.63, 3.8) is 0 Å². The molecule has 0 spiro atoms. The highest BCUT2D eigenvalue weighted by Gasteiger charge is 2.07. The van der Waals surface area contributed by atoms with E-state index >= 15 is 0 Å². The van der Waals surface area contributed by atoms with Crippen LogP contribution in [0, 0.1) is 0 Å². The van der Waals surface area contributed by atoms with Gasteiger partial charge in [0.2, 0.25) is 0 Å². The number of methoxy groups -OCH3 is 1. The molecule has 3 aromatic rings. The predicted octanol–water partition coefficient (Wildman–Crippen LogP) is 4.10. The molecule has 156 valence electrons. The highest BCUT2D eigenvalue weighted by molar-refractivity contribution is 14.0. The van der Waals surface area contributed by atoms with E-state index < -0.39 is 0 Å². The zero-order valence-corrected chi connectivity index (χ0v) is 19.4. The Morgan fingerprint density at radius 1 is 1.10 bits per heavy atom. The summed E-state index contributed by atoms with van der Waals surface area (Å²) in [5, 5.41) is 7.98. The first-order valence-electron chi connectivity index (χ1n) is 9.54. The molecule has 0 fully saturated rings. The summed E-state index contributed by atoms with van der Waals surface area (Å²) in [6.07, 6.45) is 3.00. The first kappa shape index (κ1) is 22.9. The maximum absolute atomic E-state index is 5.56. The van der Waals surface area contributed by atoms with E-state index in [0.29, 0.717) is 13.2 Å². The van der Waals surface area contributed by atoms with Gasteiger partial charge in [-0.3, -0.25) is 4.99 Å². The summed E-state index contributed by atoms with van der Waals surface area (Å²) in [4.78, 5) is 7.62. The minimum absolute atomic E-state index is 0. The standard InChI is InChI=1S/C22H28N4O2.HI/c1-4-28-20-10-9-16(13-21(20)27-3)14-26-22(23-2)24-12-11-17-15-25-19-8-6-5-7-18(17)19;/h5-10,13,15,25H,4,11-12,14H2,1-3H3,(H2,23,24,26);1H. The highest BCUT2D eigenvalue weighted by atomic mass is 127. The number of ether oxygens (including phenoxy) is 2. The van der Waals surface area contributed by atoms with Crippen molar-refractivity contribution in [3.05, 3.63) is 59.8 Å². The minimum atomic E-state index is 0. The van der Waals surface area contributed by atoms with Gasteiger partial charge >= 0.3 is 0 Å². The lowest BCUT2D eigenvalue weighted by Crippen LogP contribution is -2.37. The fraction of sp³-hybridized carbons (Fsp3) is 0.318. The summed E-state index contributed by atoms with van der Waals surface area (Å²) in [6.45, 7) is 4.02. The van der Waals surface area contributed by atoms with Crippen LogP contribution in [0.4, 0.5) is 0 Å². The molecule has 2 aromatic carbocycles. The molecule has 3 N–H and O–H groups in total. The summed E-state index contributed by atoms with van der Waals surface area (Å²) < 4.78 is 11.0. The third kappa shape index (κ3) is 6.03. The Kier molecular flexibility index (Phi) is 9.11. The molecule has 0 radical (unpaired) electrons. The molecule has 0 saturated carbocycles. The number of rotatable bonds is 8. The van der Waals surface area contributed by atoms with Crippen LogP contribution >= 0.6 is 24.0 Å². The third-order valence-electron chi connectivity index (χ3n) is 4.57. The first-order valence-corrected chi connectivity index (χ1v) is 9.54. The molecule has 1 aromatic heterocycles. The Hall–Kier alpha value is -2.42. The van der Waals surface area contributed by atoms with Crippen molar-refractivity contribution in [2.75, 3.05) is 27.3 Å². The maximum Gasteiger partial charge on any atom is 0.191 e. The first-order chi connectivity index (χ1) is 13.7. The number of hydrogen-bond acceptors (Lipinski definition) is 3. The van der Waals surface area contributed by atoms with Crippen molar-refractivity contribution < 1.29 is 9.47 Å². The van der Waals surface area contributed by atoms with Gasteiger partial charge in [0.1, 0.15) is 0 Å². The van der Waals surface area contributed by atoms with Crippen LogP contribution in [0.5, 0.6) is 11.5 Å². The van der Waals surface area contributed by atoms with E-state index in [9.17, 15) is 0 Å². The Bertz CT molecular complexity index is 939. The number of benzene rings is 2. The lowest BCUT2D eigenvalue weighted by Gasteiger charge is -2.14. The number of aromatic amines is 1. The molecule has 0 bridgehead atoms. The summed E-state index contributed by atoms with van der Waals surface area (Å²) in [5.74, 6) is 2.27. The molecule has 0 atom stereocenters. The summed E-state index contributed by atoms with van der Waals surface area (Å²) in [6, 6.07) is 14.3. The summed E-state index contributed by atoms with van der Waals surface area (Å²) in [7, 11) is 3.43. The average molecular weight is 508 g/mol. The van der Waals surface area contributed by atoms with E-state index in [1.165, 1.54) is 16.5 Å². The maximum atomic E-state index is 5.56. The van der Waals surface area contributed by atoms with Gasteiger partial charge in [-0.05, 0) is 42.7 Å². The second-order valence-electron chi connectivity index (χ2n) is 6.38. The monoisotopic (exact) mass is 508 g/mol. The van der Waals surface area contributed by atoms with Crippen LogP contribution < -0.4 is 20.1 Å². The number of guanidine groups is 1. The van der Waals surface area contributed by atoms with E-state index in [2.05, 4.69) is 45.0 Å². The molecular weight excluding hydrogens is 479 g/mol. The second kappa shape index (κ2) is 11.5. The molecule has 0 saturated heterocycles. The smallest absolute Gasteiger partial charge is 0.191 e. The van der Waals surface area contributed by atoms with Crippen molar-refractivity contribution in [3.8, 4) is 11.5 Å². The van der Waals surface area contributed by atoms with Crippen LogP contribution in [-0.4, -0.2) is 38.3 Å². The molecule has 0 aliphatic heterocycles. The number of aliphatic imine (C=N–C) groups is 1. The van der Waals surface area contributed by atoms with Crippen LogP contribution in [0.25, 0.3) is 10.9 Å². The molecule has 7 heteroatoms. The molecule has 3 rings (SSSR count). The normalized spacial score (nSPS) is 11.1. The number of halogens is 1. The number of nitrogens with one attached hydrogen (secondary N) is 3. The van der Waals surface area contributed by atoms with E-state index in [0.717, 1.165) is 36.0 Å². The van der Waals surface area contributed by atoms with Gasteiger partial charge in [0.05, 0.1) is 13.7 Å². The van der Waals surface area contributed by atoms with E-state index in [-0.39, 0.29) is 24.0 Å². The van der Waals surface area contributed by atoms with Crippen LogP contribution in [-0.2, 0) is 13.0 Å². The molecule has 0 aliphatic carbocycles. The molecule has 0 unspecified atom stereocenters. The lowest BCUT2D eigenvalue weighted by atomic mass is 10.1. The second-order valence-corrected chi connectivity index (χ2v) is 6.38. The van der Waals surface area contributed by atoms with Crippen molar-refractivity contribution in [2.45, 2.75) is 19.9 Å². The van der Waals surface area contributed by atoms with Gasteiger partial charge in [-0.1, -0.05) is 24.3 Å². The Labute approximate surface area is 189 Å². The van der Waals surface area contributed by atoms with Gasteiger partial charge in [0, 0.05) is 37.2 Å².